The van der Waals surface area contributed by atoms with Gasteiger partial charge < -0.3 is 19.5 Å². The molecule has 0 aromatic heterocycles. The molecule has 2 atom stereocenters. The molecule has 118 valence electrons. The number of likely N-dealkylation sites (tertiary alicyclic amines) is 1. The normalized spacial score (nSPS) is 21.2. The van der Waals surface area contributed by atoms with E-state index in [2.05, 4.69) is 4.90 Å². The van der Waals surface area contributed by atoms with Crippen LogP contribution in [-0.2, 0) is 4.74 Å². The third-order valence-corrected chi connectivity index (χ3v) is 3.98. The molecule has 2 unspecified atom stereocenters. The van der Waals surface area contributed by atoms with Crippen molar-refractivity contribution in [2.24, 2.45) is 5.92 Å². The maximum atomic E-state index is 10.1. The van der Waals surface area contributed by atoms with Gasteiger partial charge in [0.2, 0.25) is 0 Å². The largest absolute Gasteiger partial charge is 0.491 e. The second-order valence-electron chi connectivity index (χ2n) is 5.64. The summed E-state index contributed by atoms with van der Waals surface area (Å²) in [5, 5.41) is 10.8. The third kappa shape index (κ3) is 5.83. The number of aliphatic hydroxyl groups is 1. The molecule has 1 heterocycles. The highest BCUT2D eigenvalue weighted by Gasteiger charge is 2.21. The molecule has 1 fully saturated rings. The molecule has 0 amide bonds. The zero-order valence-corrected chi connectivity index (χ0v) is 13.3. The molecule has 0 bridgehead atoms. The summed E-state index contributed by atoms with van der Waals surface area (Å²) >= 11 is 5.82. The van der Waals surface area contributed by atoms with Crippen LogP contribution < -0.4 is 4.74 Å². The number of piperidine rings is 1. The molecule has 1 aliphatic rings. The number of ether oxygens (including phenoxy) is 2. The van der Waals surface area contributed by atoms with E-state index in [0.29, 0.717) is 24.1 Å². The van der Waals surface area contributed by atoms with Crippen LogP contribution in [0.15, 0.2) is 24.3 Å². The number of halogens is 1. The van der Waals surface area contributed by atoms with Crippen molar-refractivity contribution in [1.29, 1.82) is 0 Å². The monoisotopic (exact) mass is 313 g/mol. The van der Waals surface area contributed by atoms with Gasteiger partial charge in [-0.25, -0.2) is 0 Å². The number of nitrogens with zero attached hydrogens (tertiary/aromatic N) is 1. The van der Waals surface area contributed by atoms with Crippen LogP contribution >= 0.6 is 11.6 Å². The standard InChI is InChI=1S/C16H24ClNO3/c1-20-11-13-3-2-8-18(9-13)10-15(19)12-21-16-6-4-14(17)5-7-16/h4-7,13,15,19H,2-3,8-12H2,1H3. The maximum absolute atomic E-state index is 10.1. The predicted molar refractivity (Wildman–Crippen MR) is 84.0 cm³/mol. The summed E-state index contributed by atoms with van der Waals surface area (Å²) < 4.78 is 10.8. The zero-order valence-electron chi connectivity index (χ0n) is 12.5. The minimum absolute atomic E-state index is 0.299. The minimum atomic E-state index is -0.484. The topological polar surface area (TPSA) is 41.9 Å². The molecular weight excluding hydrogens is 290 g/mol. The Kier molecular flexibility index (Phi) is 6.77. The van der Waals surface area contributed by atoms with Gasteiger partial charge in [-0.3, -0.25) is 0 Å². The average Bonchev–Trinajstić information content (AvgIpc) is 2.47. The van der Waals surface area contributed by atoms with E-state index in [9.17, 15) is 5.11 Å². The van der Waals surface area contributed by atoms with Crippen molar-refractivity contribution < 1.29 is 14.6 Å². The van der Waals surface area contributed by atoms with Crippen molar-refractivity contribution in [3.8, 4) is 5.75 Å². The molecule has 1 aromatic carbocycles. The molecule has 1 N–H and O–H groups in total. The summed E-state index contributed by atoms with van der Waals surface area (Å²) in [6.45, 7) is 3.78. The molecule has 1 aromatic rings. The van der Waals surface area contributed by atoms with Gasteiger partial charge >= 0.3 is 0 Å². The first kappa shape index (κ1) is 16.6. The molecule has 21 heavy (non-hydrogen) atoms. The van der Waals surface area contributed by atoms with Gasteiger partial charge in [0.05, 0.1) is 6.61 Å². The molecule has 0 saturated carbocycles. The van der Waals surface area contributed by atoms with Gasteiger partial charge in [0.25, 0.3) is 0 Å². The second kappa shape index (κ2) is 8.59. The number of aliphatic hydroxyl groups excluding tert-OH is 1. The van der Waals surface area contributed by atoms with Gasteiger partial charge in [0, 0.05) is 25.2 Å². The number of hydrogen-bond donors (Lipinski definition) is 1. The highest BCUT2D eigenvalue weighted by molar-refractivity contribution is 6.30. The first-order valence-electron chi connectivity index (χ1n) is 7.45. The SMILES string of the molecule is COCC1CCCN(CC(O)COc2ccc(Cl)cc2)C1. The van der Waals surface area contributed by atoms with Gasteiger partial charge in [-0.15, -0.1) is 0 Å². The summed E-state index contributed by atoms with van der Waals surface area (Å²) in [4.78, 5) is 2.29. The van der Waals surface area contributed by atoms with Gasteiger partial charge in [-0.2, -0.15) is 0 Å². The molecule has 0 spiro atoms. The lowest BCUT2D eigenvalue weighted by atomic mass is 9.99. The summed E-state index contributed by atoms with van der Waals surface area (Å²) in [6.07, 6.45) is 1.89. The van der Waals surface area contributed by atoms with E-state index < -0.39 is 6.10 Å². The van der Waals surface area contributed by atoms with E-state index in [0.717, 1.165) is 25.4 Å². The predicted octanol–water partition coefficient (Wildman–Crippen LogP) is 2.44. The van der Waals surface area contributed by atoms with Crippen molar-refractivity contribution in [2.75, 3.05) is 40.0 Å². The van der Waals surface area contributed by atoms with E-state index in [1.807, 2.05) is 12.1 Å². The minimum Gasteiger partial charge on any atom is -0.491 e. The summed E-state index contributed by atoms with van der Waals surface area (Å²) in [5.74, 6) is 1.31. The lowest BCUT2D eigenvalue weighted by molar-refractivity contribution is 0.0371. The molecule has 0 aliphatic carbocycles. The van der Waals surface area contributed by atoms with Crippen LogP contribution in [0.4, 0.5) is 0 Å². The van der Waals surface area contributed by atoms with E-state index >= 15 is 0 Å². The second-order valence-corrected chi connectivity index (χ2v) is 6.08. The first-order valence-corrected chi connectivity index (χ1v) is 7.83. The van der Waals surface area contributed by atoms with Crippen LogP contribution in [0, 0.1) is 5.92 Å². The Hall–Kier alpha value is -0.810. The number of hydrogen-bond acceptors (Lipinski definition) is 4. The van der Waals surface area contributed by atoms with Crippen molar-refractivity contribution in [2.45, 2.75) is 18.9 Å². The summed E-state index contributed by atoms with van der Waals surface area (Å²) in [6, 6.07) is 7.18. The Morgan fingerprint density at radius 1 is 1.38 bits per heavy atom. The molecular formula is C16H24ClNO3. The fourth-order valence-corrected chi connectivity index (χ4v) is 2.89. The Morgan fingerprint density at radius 3 is 2.86 bits per heavy atom. The molecule has 1 saturated heterocycles. The van der Waals surface area contributed by atoms with Gasteiger partial charge in [-0.1, -0.05) is 11.6 Å². The van der Waals surface area contributed by atoms with Crippen LogP contribution in [0.25, 0.3) is 0 Å². The highest BCUT2D eigenvalue weighted by atomic mass is 35.5. The zero-order chi connectivity index (χ0) is 15.1. The number of benzene rings is 1. The Morgan fingerprint density at radius 2 is 2.14 bits per heavy atom. The number of rotatable bonds is 7. The van der Waals surface area contributed by atoms with Crippen LogP contribution in [0.5, 0.6) is 5.75 Å². The fourth-order valence-electron chi connectivity index (χ4n) is 2.76. The van der Waals surface area contributed by atoms with Crippen LogP contribution in [0.3, 0.4) is 0 Å². The van der Waals surface area contributed by atoms with E-state index in [-0.39, 0.29) is 0 Å². The average molecular weight is 314 g/mol. The first-order chi connectivity index (χ1) is 10.2. The summed E-state index contributed by atoms with van der Waals surface area (Å²) in [5.41, 5.74) is 0. The lowest BCUT2D eigenvalue weighted by Gasteiger charge is -2.33. The van der Waals surface area contributed by atoms with Crippen molar-refractivity contribution in [1.82, 2.24) is 4.90 Å². The van der Waals surface area contributed by atoms with Crippen molar-refractivity contribution in [3.05, 3.63) is 29.3 Å². The number of β-amino-alcohol motifs (C(OH)–C–C–N with tert-alkyl or cyclic N) is 1. The van der Waals surface area contributed by atoms with Gasteiger partial charge in [0.15, 0.2) is 0 Å². The molecule has 0 radical (unpaired) electrons. The highest BCUT2D eigenvalue weighted by Crippen LogP contribution is 2.18. The molecule has 4 nitrogen and oxygen atoms in total. The Balaban J connectivity index is 1.71. The van der Waals surface area contributed by atoms with E-state index in [1.54, 1.807) is 19.2 Å². The molecule has 2 rings (SSSR count). The lowest BCUT2D eigenvalue weighted by Crippen LogP contribution is -2.42. The number of methoxy groups -OCH3 is 1. The molecule has 5 heteroatoms. The van der Waals surface area contributed by atoms with Crippen LogP contribution in [0.1, 0.15) is 12.8 Å². The smallest absolute Gasteiger partial charge is 0.119 e. The van der Waals surface area contributed by atoms with Crippen molar-refractivity contribution >= 4 is 11.6 Å². The van der Waals surface area contributed by atoms with E-state index in [4.69, 9.17) is 21.1 Å². The maximum Gasteiger partial charge on any atom is 0.119 e. The van der Waals surface area contributed by atoms with Crippen molar-refractivity contribution in [3.63, 3.8) is 0 Å². The summed E-state index contributed by atoms with van der Waals surface area (Å²) in [7, 11) is 1.74. The third-order valence-electron chi connectivity index (χ3n) is 3.73. The molecule has 1 aliphatic heterocycles. The Labute approximate surface area is 131 Å². The van der Waals surface area contributed by atoms with Crippen LogP contribution in [0.2, 0.25) is 5.02 Å². The Bertz CT molecular complexity index is 410. The van der Waals surface area contributed by atoms with Gasteiger partial charge in [-0.05, 0) is 49.6 Å². The van der Waals surface area contributed by atoms with E-state index in [1.165, 1.54) is 12.8 Å². The van der Waals surface area contributed by atoms with Crippen LogP contribution in [-0.4, -0.2) is 56.1 Å². The quantitative estimate of drug-likeness (QED) is 0.839. The van der Waals surface area contributed by atoms with Gasteiger partial charge in [0.1, 0.15) is 18.5 Å². The fraction of sp³-hybridized carbons (Fsp3) is 0.625.